The molecule has 0 saturated carbocycles. The molecule has 1 amide bonds. The van der Waals surface area contributed by atoms with E-state index < -0.39 is 0 Å². The summed E-state index contributed by atoms with van der Waals surface area (Å²) in [5.74, 6) is 1.63. The molecule has 0 N–H and O–H groups in total. The minimum absolute atomic E-state index is 0.0382. The normalized spacial score (nSPS) is 16.8. The lowest BCUT2D eigenvalue weighted by Gasteiger charge is -2.40. The number of carbonyl (C=O) groups is 1. The highest BCUT2D eigenvalue weighted by atomic mass is 16.5. The third-order valence-corrected chi connectivity index (χ3v) is 6.23. The number of aromatic nitrogens is 2. The highest BCUT2D eigenvalue weighted by Gasteiger charge is 2.30. The van der Waals surface area contributed by atoms with Crippen molar-refractivity contribution in [2.24, 2.45) is 0 Å². The second-order valence-corrected chi connectivity index (χ2v) is 8.48. The molecule has 2 heterocycles. The van der Waals surface area contributed by atoms with E-state index in [-0.39, 0.29) is 18.5 Å². The van der Waals surface area contributed by atoms with Crippen molar-refractivity contribution in [2.75, 3.05) is 26.7 Å². The number of hydrogen-bond acceptors (Lipinski definition) is 4. The molecule has 3 aromatic carbocycles. The Hall–Kier alpha value is -3.64. The highest BCUT2D eigenvalue weighted by molar-refractivity contribution is 5.81. The fourth-order valence-corrected chi connectivity index (χ4v) is 4.48. The maximum atomic E-state index is 13.6. The number of para-hydroxylation sites is 3. The molecule has 0 radical (unpaired) electrons. The van der Waals surface area contributed by atoms with E-state index in [1.807, 2.05) is 82.3 Å². The van der Waals surface area contributed by atoms with Crippen molar-refractivity contribution in [3.8, 4) is 5.75 Å². The Kier molecular flexibility index (Phi) is 6.09. The average Bonchev–Trinajstić information content (AvgIpc) is 3.21. The lowest BCUT2D eigenvalue weighted by atomic mass is 10.0. The van der Waals surface area contributed by atoms with E-state index in [4.69, 9.17) is 9.72 Å². The third-order valence-electron chi connectivity index (χ3n) is 6.23. The second-order valence-electron chi connectivity index (χ2n) is 8.48. The van der Waals surface area contributed by atoms with Gasteiger partial charge in [0.15, 0.2) is 0 Å². The Morgan fingerprint density at radius 1 is 0.939 bits per heavy atom. The largest absolute Gasteiger partial charge is 0.486 e. The maximum Gasteiger partial charge on any atom is 0.243 e. The Morgan fingerprint density at radius 2 is 1.64 bits per heavy atom. The van der Waals surface area contributed by atoms with Gasteiger partial charge in [-0.05, 0) is 36.9 Å². The number of ether oxygens (including phenoxy) is 1. The fourth-order valence-electron chi connectivity index (χ4n) is 4.48. The van der Waals surface area contributed by atoms with Gasteiger partial charge in [0.1, 0.15) is 24.7 Å². The molecule has 0 bridgehead atoms. The Bertz CT molecular complexity index is 1220. The predicted molar refractivity (Wildman–Crippen MR) is 129 cm³/mol. The molecule has 6 heteroatoms. The van der Waals surface area contributed by atoms with E-state index in [1.165, 1.54) is 5.56 Å². The summed E-state index contributed by atoms with van der Waals surface area (Å²) in [5, 5.41) is 0. The number of benzene rings is 3. The molecule has 6 nitrogen and oxygen atoms in total. The maximum absolute atomic E-state index is 13.6. The fraction of sp³-hybridized carbons (Fsp3) is 0.259. The van der Waals surface area contributed by atoms with Crippen molar-refractivity contribution >= 4 is 16.9 Å². The highest BCUT2D eigenvalue weighted by Crippen LogP contribution is 2.26. The smallest absolute Gasteiger partial charge is 0.243 e. The van der Waals surface area contributed by atoms with Gasteiger partial charge < -0.3 is 19.1 Å². The van der Waals surface area contributed by atoms with E-state index in [0.29, 0.717) is 13.2 Å². The van der Waals surface area contributed by atoms with E-state index in [2.05, 4.69) is 24.1 Å². The molecule has 1 atom stereocenters. The van der Waals surface area contributed by atoms with Crippen molar-refractivity contribution in [2.45, 2.75) is 19.2 Å². The van der Waals surface area contributed by atoms with Crippen molar-refractivity contribution in [1.29, 1.82) is 0 Å². The Labute approximate surface area is 194 Å². The molecule has 0 spiro atoms. The summed E-state index contributed by atoms with van der Waals surface area (Å²) in [7, 11) is 2.11. The van der Waals surface area contributed by atoms with Gasteiger partial charge in [-0.2, -0.15) is 0 Å². The van der Waals surface area contributed by atoms with Gasteiger partial charge in [0.05, 0.1) is 17.1 Å². The standard InChI is InChI=1S/C27H28N4O2/c1-29-16-17-30(25(18-29)21-10-4-2-5-11-21)27(32)19-31-24-15-9-8-14-23(24)28-26(31)20-33-22-12-6-3-7-13-22/h2-15,25H,16-20H2,1H3. The molecule has 1 aromatic heterocycles. The molecule has 168 valence electrons. The number of nitrogens with zero attached hydrogens (tertiary/aromatic N) is 4. The molecule has 1 fully saturated rings. The van der Waals surface area contributed by atoms with Crippen LogP contribution in [0.5, 0.6) is 5.75 Å². The summed E-state index contributed by atoms with van der Waals surface area (Å²) < 4.78 is 7.98. The number of rotatable bonds is 6. The molecule has 1 saturated heterocycles. The summed E-state index contributed by atoms with van der Waals surface area (Å²) in [4.78, 5) is 22.7. The minimum atomic E-state index is 0.0382. The SMILES string of the molecule is CN1CCN(C(=O)Cn2c(COc3ccccc3)nc3ccccc32)C(c2ccccc2)C1. The first-order chi connectivity index (χ1) is 16.2. The van der Waals surface area contributed by atoms with E-state index in [9.17, 15) is 4.79 Å². The van der Waals surface area contributed by atoms with E-state index in [1.54, 1.807) is 0 Å². The van der Waals surface area contributed by atoms with Gasteiger partial charge in [-0.1, -0.05) is 60.7 Å². The zero-order chi connectivity index (χ0) is 22.6. The van der Waals surface area contributed by atoms with Gasteiger partial charge in [0.2, 0.25) is 5.91 Å². The monoisotopic (exact) mass is 440 g/mol. The van der Waals surface area contributed by atoms with Crippen LogP contribution in [-0.2, 0) is 17.9 Å². The second kappa shape index (κ2) is 9.46. The minimum Gasteiger partial charge on any atom is -0.486 e. The molecule has 1 aliphatic rings. The van der Waals surface area contributed by atoms with Gasteiger partial charge >= 0.3 is 0 Å². The van der Waals surface area contributed by atoms with Crippen LogP contribution in [-0.4, -0.2) is 51.9 Å². The van der Waals surface area contributed by atoms with Crippen LogP contribution in [0.2, 0.25) is 0 Å². The predicted octanol–water partition coefficient (Wildman–Crippen LogP) is 4.13. The number of carbonyl (C=O) groups excluding carboxylic acids is 1. The van der Waals surface area contributed by atoms with Gasteiger partial charge in [-0.25, -0.2) is 4.98 Å². The van der Waals surface area contributed by atoms with Gasteiger partial charge in [0.25, 0.3) is 0 Å². The lowest BCUT2D eigenvalue weighted by Crippen LogP contribution is -2.50. The van der Waals surface area contributed by atoms with Gasteiger partial charge in [-0.3, -0.25) is 4.79 Å². The summed E-state index contributed by atoms with van der Waals surface area (Å²) in [6.45, 7) is 2.93. The third kappa shape index (κ3) is 4.61. The first-order valence-electron chi connectivity index (χ1n) is 11.3. The van der Waals surface area contributed by atoms with Crippen molar-refractivity contribution in [3.05, 3.63) is 96.3 Å². The average molecular weight is 441 g/mol. The Balaban J connectivity index is 1.42. The van der Waals surface area contributed by atoms with E-state index in [0.717, 1.165) is 35.7 Å². The lowest BCUT2D eigenvalue weighted by molar-refractivity contribution is -0.136. The molecular formula is C27H28N4O2. The van der Waals surface area contributed by atoms with Crippen molar-refractivity contribution in [1.82, 2.24) is 19.4 Å². The van der Waals surface area contributed by atoms with Crippen LogP contribution >= 0.6 is 0 Å². The quantitative estimate of drug-likeness (QED) is 0.452. The summed E-state index contributed by atoms with van der Waals surface area (Å²) in [5.41, 5.74) is 2.98. The Morgan fingerprint density at radius 3 is 2.42 bits per heavy atom. The molecule has 1 unspecified atom stereocenters. The zero-order valence-corrected chi connectivity index (χ0v) is 18.8. The summed E-state index contributed by atoms with van der Waals surface area (Å²) >= 11 is 0. The molecule has 1 aliphatic heterocycles. The topological polar surface area (TPSA) is 50.6 Å². The first-order valence-corrected chi connectivity index (χ1v) is 11.3. The summed E-state index contributed by atoms with van der Waals surface area (Å²) in [6.07, 6.45) is 0. The number of piperazine rings is 1. The van der Waals surface area contributed by atoms with Crippen LogP contribution < -0.4 is 4.74 Å². The molecule has 0 aliphatic carbocycles. The van der Waals surface area contributed by atoms with Crippen molar-refractivity contribution in [3.63, 3.8) is 0 Å². The number of hydrogen-bond donors (Lipinski definition) is 0. The number of amides is 1. The van der Waals surface area contributed by atoms with Crippen molar-refractivity contribution < 1.29 is 9.53 Å². The molecule has 4 aromatic rings. The van der Waals surface area contributed by atoms with Crippen LogP contribution in [0.4, 0.5) is 0 Å². The summed E-state index contributed by atoms with van der Waals surface area (Å²) in [6, 6.07) is 28.0. The van der Waals surface area contributed by atoms with Crippen LogP contribution in [0, 0.1) is 0 Å². The number of imidazole rings is 1. The zero-order valence-electron chi connectivity index (χ0n) is 18.8. The van der Waals surface area contributed by atoms with Gasteiger partial charge in [0, 0.05) is 19.6 Å². The van der Waals surface area contributed by atoms with Crippen LogP contribution in [0.15, 0.2) is 84.9 Å². The van der Waals surface area contributed by atoms with Crippen LogP contribution in [0.1, 0.15) is 17.4 Å². The van der Waals surface area contributed by atoms with Crippen LogP contribution in [0.3, 0.4) is 0 Å². The number of fused-ring (bicyclic) bond motifs is 1. The van der Waals surface area contributed by atoms with E-state index >= 15 is 0 Å². The van der Waals surface area contributed by atoms with Gasteiger partial charge in [-0.15, -0.1) is 0 Å². The first kappa shape index (κ1) is 21.2. The number of likely N-dealkylation sites (N-methyl/N-ethyl adjacent to an activating group) is 1. The molecule has 33 heavy (non-hydrogen) atoms. The van der Waals surface area contributed by atoms with Crippen LogP contribution in [0.25, 0.3) is 11.0 Å². The molecular weight excluding hydrogens is 412 g/mol. The molecule has 5 rings (SSSR count).